The number of benzene rings is 1. The van der Waals surface area contributed by atoms with Crippen molar-refractivity contribution in [2.75, 3.05) is 7.05 Å². The summed E-state index contributed by atoms with van der Waals surface area (Å²) in [5.41, 5.74) is 5.24. The van der Waals surface area contributed by atoms with E-state index in [-0.39, 0.29) is 5.91 Å². The van der Waals surface area contributed by atoms with E-state index in [4.69, 9.17) is 4.98 Å². The standard InChI is InChI=1S/C19H19N3O/c1-13-10-18(15-4-3-9-21-12-15)22-17-7-5-14(11-16(13)17)6-8-19(23)20-2/h3-5,7,9-12H,6,8H2,1-2H3,(H,20,23). The van der Waals surface area contributed by atoms with Crippen LogP contribution in [0.2, 0.25) is 0 Å². The Labute approximate surface area is 135 Å². The van der Waals surface area contributed by atoms with E-state index >= 15 is 0 Å². The predicted octanol–water partition coefficient (Wildman–Crippen LogP) is 3.28. The van der Waals surface area contributed by atoms with Gasteiger partial charge in [0.05, 0.1) is 11.2 Å². The lowest BCUT2D eigenvalue weighted by Gasteiger charge is -2.09. The molecule has 0 aliphatic rings. The van der Waals surface area contributed by atoms with Crippen molar-refractivity contribution in [2.24, 2.45) is 0 Å². The SMILES string of the molecule is CNC(=O)CCc1ccc2nc(-c3cccnc3)cc(C)c2c1. The zero-order valence-electron chi connectivity index (χ0n) is 13.3. The van der Waals surface area contributed by atoms with E-state index in [2.05, 4.69) is 29.4 Å². The van der Waals surface area contributed by atoms with Crippen LogP contribution in [0.3, 0.4) is 0 Å². The van der Waals surface area contributed by atoms with E-state index < -0.39 is 0 Å². The average Bonchev–Trinajstić information content (AvgIpc) is 2.60. The number of fused-ring (bicyclic) bond motifs is 1. The summed E-state index contributed by atoms with van der Waals surface area (Å²) in [4.78, 5) is 20.3. The topological polar surface area (TPSA) is 54.9 Å². The monoisotopic (exact) mass is 305 g/mol. The van der Waals surface area contributed by atoms with Gasteiger partial charge in [0.15, 0.2) is 0 Å². The number of hydrogen-bond donors (Lipinski definition) is 1. The van der Waals surface area contributed by atoms with E-state index in [1.807, 2.05) is 30.5 Å². The van der Waals surface area contributed by atoms with Gasteiger partial charge in [0.25, 0.3) is 0 Å². The lowest BCUT2D eigenvalue weighted by molar-refractivity contribution is -0.120. The van der Waals surface area contributed by atoms with Gasteiger partial charge < -0.3 is 5.32 Å². The summed E-state index contributed by atoms with van der Waals surface area (Å²) in [6.07, 6.45) is 4.82. The minimum Gasteiger partial charge on any atom is -0.359 e. The Bertz CT molecular complexity index is 844. The third kappa shape index (κ3) is 3.37. The molecule has 0 spiro atoms. The van der Waals surface area contributed by atoms with Crippen molar-refractivity contribution in [3.05, 3.63) is 59.9 Å². The van der Waals surface area contributed by atoms with Crippen LogP contribution in [0, 0.1) is 6.92 Å². The van der Waals surface area contributed by atoms with Gasteiger partial charge in [0.2, 0.25) is 5.91 Å². The quantitative estimate of drug-likeness (QED) is 0.805. The van der Waals surface area contributed by atoms with E-state index in [1.165, 1.54) is 5.56 Å². The lowest BCUT2D eigenvalue weighted by atomic mass is 10.0. The fourth-order valence-corrected chi connectivity index (χ4v) is 2.64. The number of rotatable bonds is 4. The molecule has 0 unspecified atom stereocenters. The van der Waals surface area contributed by atoms with Crippen LogP contribution >= 0.6 is 0 Å². The molecule has 0 bridgehead atoms. The molecule has 2 aromatic heterocycles. The smallest absolute Gasteiger partial charge is 0.220 e. The molecule has 3 rings (SSSR count). The summed E-state index contributed by atoms with van der Waals surface area (Å²) in [5.74, 6) is 0.0619. The normalized spacial score (nSPS) is 10.7. The Hall–Kier alpha value is -2.75. The summed E-state index contributed by atoms with van der Waals surface area (Å²) in [6, 6.07) is 12.2. The molecule has 23 heavy (non-hydrogen) atoms. The second-order valence-electron chi connectivity index (χ2n) is 5.59. The second-order valence-corrected chi connectivity index (χ2v) is 5.59. The molecule has 1 amide bonds. The highest BCUT2D eigenvalue weighted by Gasteiger charge is 2.07. The van der Waals surface area contributed by atoms with E-state index in [9.17, 15) is 4.79 Å². The number of aromatic nitrogens is 2. The summed E-state index contributed by atoms with van der Waals surface area (Å²) < 4.78 is 0. The van der Waals surface area contributed by atoms with Crippen LogP contribution in [-0.4, -0.2) is 22.9 Å². The van der Waals surface area contributed by atoms with Gasteiger partial charge in [-0.3, -0.25) is 9.78 Å². The van der Waals surface area contributed by atoms with Gasteiger partial charge >= 0.3 is 0 Å². The molecule has 0 fully saturated rings. The molecule has 0 saturated carbocycles. The number of hydrogen-bond acceptors (Lipinski definition) is 3. The maximum Gasteiger partial charge on any atom is 0.220 e. The number of aryl methyl sites for hydroxylation is 2. The molecule has 3 aromatic rings. The second kappa shape index (κ2) is 6.57. The van der Waals surface area contributed by atoms with Crippen LogP contribution in [0.1, 0.15) is 17.5 Å². The van der Waals surface area contributed by atoms with Crippen molar-refractivity contribution in [2.45, 2.75) is 19.8 Å². The lowest BCUT2D eigenvalue weighted by Crippen LogP contribution is -2.17. The van der Waals surface area contributed by atoms with Gasteiger partial charge in [-0.2, -0.15) is 0 Å². The first-order chi connectivity index (χ1) is 11.2. The molecule has 0 atom stereocenters. The third-order valence-electron chi connectivity index (χ3n) is 3.96. The molecule has 0 radical (unpaired) electrons. The molecular weight excluding hydrogens is 286 g/mol. The summed E-state index contributed by atoms with van der Waals surface area (Å²) in [7, 11) is 1.66. The van der Waals surface area contributed by atoms with Gasteiger partial charge in [0.1, 0.15) is 0 Å². The van der Waals surface area contributed by atoms with Gasteiger partial charge in [-0.1, -0.05) is 6.07 Å². The number of carbonyl (C=O) groups excluding carboxylic acids is 1. The Morgan fingerprint density at radius 1 is 1.22 bits per heavy atom. The Morgan fingerprint density at radius 3 is 2.83 bits per heavy atom. The molecule has 2 heterocycles. The summed E-state index contributed by atoms with van der Waals surface area (Å²) >= 11 is 0. The number of carbonyl (C=O) groups is 1. The largest absolute Gasteiger partial charge is 0.359 e. The number of pyridine rings is 2. The highest BCUT2D eigenvalue weighted by Crippen LogP contribution is 2.25. The molecule has 1 N–H and O–H groups in total. The van der Waals surface area contributed by atoms with Crippen molar-refractivity contribution in [3.8, 4) is 11.3 Å². The van der Waals surface area contributed by atoms with Crippen molar-refractivity contribution in [1.29, 1.82) is 0 Å². The van der Waals surface area contributed by atoms with E-state index in [1.54, 1.807) is 13.2 Å². The highest BCUT2D eigenvalue weighted by atomic mass is 16.1. The molecule has 1 aromatic carbocycles. The van der Waals surface area contributed by atoms with Crippen LogP contribution in [0.4, 0.5) is 0 Å². The first-order valence-electron chi connectivity index (χ1n) is 7.68. The molecule has 0 aliphatic heterocycles. The molecule has 4 nitrogen and oxygen atoms in total. The molecule has 0 saturated heterocycles. The maximum atomic E-state index is 11.4. The molecule has 4 heteroatoms. The maximum absolute atomic E-state index is 11.4. The Balaban J connectivity index is 1.95. The van der Waals surface area contributed by atoms with Crippen molar-refractivity contribution >= 4 is 16.8 Å². The number of amides is 1. The minimum atomic E-state index is 0.0619. The molecular formula is C19H19N3O. The van der Waals surface area contributed by atoms with Crippen LogP contribution < -0.4 is 5.32 Å². The van der Waals surface area contributed by atoms with Gasteiger partial charge in [-0.15, -0.1) is 0 Å². The Kier molecular flexibility index (Phi) is 4.33. The third-order valence-corrected chi connectivity index (χ3v) is 3.96. The van der Waals surface area contributed by atoms with Crippen LogP contribution in [0.5, 0.6) is 0 Å². The fraction of sp³-hybridized carbons (Fsp3) is 0.211. The fourth-order valence-electron chi connectivity index (χ4n) is 2.64. The van der Waals surface area contributed by atoms with Crippen molar-refractivity contribution < 1.29 is 4.79 Å². The van der Waals surface area contributed by atoms with Crippen molar-refractivity contribution in [1.82, 2.24) is 15.3 Å². The van der Waals surface area contributed by atoms with Crippen LogP contribution in [0.25, 0.3) is 22.2 Å². The van der Waals surface area contributed by atoms with Crippen LogP contribution in [0.15, 0.2) is 48.8 Å². The van der Waals surface area contributed by atoms with Crippen molar-refractivity contribution in [3.63, 3.8) is 0 Å². The number of nitrogens with one attached hydrogen (secondary N) is 1. The molecule has 0 aliphatic carbocycles. The Morgan fingerprint density at radius 2 is 2.09 bits per heavy atom. The zero-order chi connectivity index (χ0) is 16.2. The summed E-state index contributed by atoms with van der Waals surface area (Å²) in [6.45, 7) is 2.09. The number of nitrogens with zero attached hydrogens (tertiary/aromatic N) is 2. The highest BCUT2D eigenvalue weighted by molar-refractivity contribution is 5.85. The van der Waals surface area contributed by atoms with Gasteiger partial charge in [-0.05, 0) is 54.8 Å². The van der Waals surface area contributed by atoms with Gasteiger partial charge in [0, 0.05) is 36.8 Å². The summed E-state index contributed by atoms with van der Waals surface area (Å²) in [5, 5.41) is 3.78. The zero-order valence-corrected chi connectivity index (χ0v) is 13.3. The van der Waals surface area contributed by atoms with E-state index in [0.29, 0.717) is 6.42 Å². The van der Waals surface area contributed by atoms with Gasteiger partial charge in [-0.25, -0.2) is 4.98 Å². The van der Waals surface area contributed by atoms with E-state index in [0.717, 1.165) is 34.1 Å². The predicted molar refractivity (Wildman–Crippen MR) is 92.1 cm³/mol. The average molecular weight is 305 g/mol. The minimum absolute atomic E-state index is 0.0619. The van der Waals surface area contributed by atoms with Crippen LogP contribution in [-0.2, 0) is 11.2 Å². The first kappa shape index (κ1) is 15.2. The first-order valence-corrected chi connectivity index (χ1v) is 7.68. The molecule has 116 valence electrons.